The number of allylic oxidation sites excluding steroid dienone is 1. The molecule has 0 radical (unpaired) electrons. The molecule has 3 N–H and O–H groups in total. The maximum absolute atomic E-state index is 11.3. The summed E-state index contributed by atoms with van der Waals surface area (Å²) in [4.78, 5) is 11.3. The van der Waals surface area contributed by atoms with Crippen molar-refractivity contribution in [2.45, 2.75) is 52.5 Å². The van der Waals surface area contributed by atoms with Crippen LogP contribution in [0.1, 0.15) is 47.0 Å². The lowest BCUT2D eigenvalue weighted by atomic mass is 9.72. The molecular formula is C13H23NO2. The van der Waals surface area contributed by atoms with Crippen LogP contribution in [0.2, 0.25) is 0 Å². The molecule has 92 valence electrons. The second-order valence-corrected chi connectivity index (χ2v) is 5.60. The minimum atomic E-state index is -0.730. The average molecular weight is 225 g/mol. The van der Waals surface area contributed by atoms with Crippen LogP contribution in [0, 0.1) is 11.8 Å². The van der Waals surface area contributed by atoms with Gasteiger partial charge in [0.1, 0.15) is 0 Å². The van der Waals surface area contributed by atoms with Crippen molar-refractivity contribution in [3.8, 4) is 0 Å². The zero-order valence-corrected chi connectivity index (χ0v) is 10.7. The number of carboxylic acid groups (broad SMARTS) is 1. The smallest absolute Gasteiger partial charge is 0.310 e. The van der Waals surface area contributed by atoms with Gasteiger partial charge in [-0.25, -0.2) is 0 Å². The van der Waals surface area contributed by atoms with Crippen LogP contribution in [0.4, 0.5) is 0 Å². The highest BCUT2D eigenvalue weighted by atomic mass is 16.4. The summed E-state index contributed by atoms with van der Waals surface area (Å²) in [6.07, 6.45) is 2.68. The number of hydrogen-bond donors (Lipinski definition) is 2. The summed E-state index contributed by atoms with van der Waals surface area (Å²) in [5, 5.41) is 9.28. The van der Waals surface area contributed by atoms with Gasteiger partial charge in [-0.05, 0) is 44.6 Å². The molecule has 0 aliphatic heterocycles. The normalized spacial score (nSPS) is 22.8. The molecule has 0 heterocycles. The van der Waals surface area contributed by atoms with Crippen LogP contribution >= 0.6 is 0 Å². The Morgan fingerprint density at radius 2 is 2.06 bits per heavy atom. The maximum atomic E-state index is 11.3. The maximum Gasteiger partial charge on any atom is 0.310 e. The van der Waals surface area contributed by atoms with Gasteiger partial charge in [0.2, 0.25) is 0 Å². The van der Waals surface area contributed by atoms with E-state index in [2.05, 4.69) is 13.8 Å². The van der Waals surface area contributed by atoms with Crippen molar-refractivity contribution in [3.63, 3.8) is 0 Å². The average Bonchev–Trinajstić information content (AvgIpc) is 2.15. The predicted molar refractivity (Wildman–Crippen MR) is 65.1 cm³/mol. The van der Waals surface area contributed by atoms with Gasteiger partial charge in [0, 0.05) is 5.54 Å². The third-order valence-electron chi connectivity index (χ3n) is 3.32. The molecule has 1 rings (SSSR count). The number of rotatable bonds is 3. The van der Waals surface area contributed by atoms with Gasteiger partial charge in [-0.1, -0.05) is 19.4 Å². The van der Waals surface area contributed by atoms with E-state index in [1.807, 2.05) is 13.8 Å². The van der Waals surface area contributed by atoms with Crippen LogP contribution in [0.15, 0.2) is 11.1 Å². The Morgan fingerprint density at radius 3 is 2.44 bits per heavy atom. The Balaban J connectivity index is 3.25. The second kappa shape index (κ2) is 4.58. The molecule has 1 atom stereocenters. The minimum Gasteiger partial charge on any atom is -0.481 e. The summed E-state index contributed by atoms with van der Waals surface area (Å²) < 4.78 is 0. The molecule has 0 saturated heterocycles. The van der Waals surface area contributed by atoms with E-state index in [4.69, 9.17) is 5.73 Å². The third kappa shape index (κ3) is 2.64. The lowest BCUT2D eigenvalue weighted by molar-refractivity contribution is -0.141. The molecule has 3 nitrogen and oxygen atoms in total. The Labute approximate surface area is 97.7 Å². The predicted octanol–water partition coefficient (Wildman–Crippen LogP) is 2.56. The van der Waals surface area contributed by atoms with Crippen molar-refractivity contribution < 1.29 is 9.90 Å². The van der Waals surface area contributed by atoms with Gasteiger partial charge < -0.3 is 10.8 Å². The fraction of sp³-hybridized carbons (Fsp3) is 0.769. The van der Waals surface area contributed by atoms with Crippen molar-refractivity contribution in [1.82, 2.24) is 0 Å². The van der Waals surface area contributed by atoms with Crippen molar-refractivity contribution in [2.24, 2.45) is 17.6 Å². The van der Waals surface area contributed by atoms with E-state index in [0.717, 1.165) is 24.8 Å². The molecule has 0 fully saturated rings. The van der Waals surface area contributed by atoms with Gasteiger partial charge in [-0.3, -0.25) is 4.79 Å². The molecule has 3 heteroatoms. The van der Waals surface area contributed by atoms with Crippen LogP contribution in [0.25, 0.3) is 0 Å². The summed E-state index contributed by atoms with van der Waals surface area (Å²) in [5.74, 6) is -0.725. The molecule has 0 saturated carbocycles. The fourth-order valence-corrected chi connectivity index (χ4v) is 2.71. The summed E-state index contributed by atoms with van der Waals surface area (Å²) in [7, 11) is 0. The first kappa shape index (κ1) is 13.2. The number of carbonyl (C=O) groups is 1. The third-order valence-corrected chi connectivity index (χ3v) is 3.32. The highest BCUT2D eigenvalue weighted by Gasteiger charge is 2.36. The Bertz CT molecular complexity index is 310. The highest BCUT2D eigenvalue weighted by molar-refractivity contribution is 5.75. The summed E-state index contributed by atoms with van der Waals surface area (Å²) in [6.45, 7) is 8.05. The van der Waals surface area contributed by atoms with E-state index in [-0.39, 0.29) is 5.92 Å². The van der Waals surface area contributed by atoms with E-state index in [1.54, 1.807) is 0 Å². The summed E-state index contributed by atoms with van der Waals surface area (Å²) in [5.41, 5.74) is 7.84. The molecule has 0 aromatic rings. The van der Waals surface area contributed by atoms with Crippen LogP contribution in [-0.2, 0) is 4.79 Å². The van der Waals surface area contributed by atoms with Crippen LogP contribution in [-0.4, -0.2) is 16.6 Å². The lowest BCUT2D eigenvalue weighted by Crippen LogP contribution is -2.42. The lowest BCUT2D eigenvalue weighted by Gasteiger charge is -2.36. The standard InChI is InChI=1S/C13H23NO2/c1-8(2)9-6-5-7-10(12(15)16)11(9)13(3,4)14/h8,10H,5-7,14H2,1-4H3,(H,15,16). The van der Waals surface area contributed by atoms with Gasteiger partial charge in [-0.15, -0.1) is 0 Å². The van der Waals surface area contributed by atoms with Crippen LogP contribution in [0.5, 0.6) is 0 Å². The van der Waals surface area contributed by atoms with Crippen LogP contribution in [0.3, 0.4) is 0 Å². The second-order valence-electron chi connectivity index (χ2n) is 5.60. The van der Waals surface area contributed by atoms with Gasteiger partial charge >= 0.3 is 5.97 Å². The molecule has 0 spiro atoms. The fourth-order valence-electron chi connectivity index (χ4n) is 2.71. The highest BCUT2D eigenvalue weighted by Crippen LogP contribution is 2.38. The molecule has 0 bridgehead atoms. The minimum absolute atomic E-state index is 0.383. The van der Waals surface area contributed by atoms with Crippen molar-refractivity contribution in [3.05, 3.63) is 11.1 Å². The largest absolute Gasteiger partial charge is 0.481 e. The molecule has 0 aromatic heterocycles. The molecule has 16 heavy (non-hydrogen) atoms. The van der Waals surface area contributed by atoms with Crippen molar-refractivity contribution in [2.75, 3.05) is 0 Å². The quantitative estimate of drug-likeness (QED) is 0.725. The van der Waals surface area contributed by atoms with E-state index in [0.29, 0.717) is 5.92 Å². The summed E-state index contributed by atoms with van der Waals surface area (Å²) >= 11 is 0. The first-order valence-electron chi connectivity index (χ1n) is 6.00. The molecule has 1 aliphatic carbocycles. The van der Waals surface area contributed by atoms with E-state index < -0.39 is 11.5 Å². The molecular weight excluding hydrogens is 202 g/mol. The molecule has 1 unspecified atom stereocenters. The van der Waals surface area contributed by atoms with Gasteiger partial charge in [0.25, 0.3) is 0 Å². The first-order valence-corrected chi connectivity index (χ1v) is 6.00. The first-order chi connectivity index (χ1) is 7.25. The topological polar surface area (TPSA) is 63.3 Å². The SMILES string of the molecule is CC(C)C1=C(C(C)(C)N)C(C(=O)O)CCC1. The Hall–Kier alpha value is -0.830. The van der Waals surface area contributed by atoms with E-state index in [9.17, 15) is 9.90 Å². The number of carboxylic acids is 1. The summed E-state index contributed by atoms with van der Waals surface area (Å²) in [6, 6.07) is 0. The number of aliphatic carboxylic acids is 1. The zero-order valence-electron chi connectivity index (χ0n) is 10.7. The van der Waals surface area contributed by atoms with Gasteiger partial charge in [0.05, 0.1) is 5.92 Å². The monoisotopic (exact) mass is 225 g/mol. The zero-order chi connectivity index (χ0) is 12.5. The van der Waals surface area contributed by atoms with Crippen molar-refractivity contribution >= 4 is 5.97 Å². The molecule has 1 aliphatic rings. The van der Waals surface area contributed by atoms with E-state index in [1.165, 1.54) is 5.57 Å². The Morgan fingerprint density at radius 1 is 1.50 bits per heavy atom. The van der Waals surface area contributed by atoms with Gasteiger partial charge in [0.15, 0.2) is 0 Å². The Kier molecular flexibility index (Phi) is 3.79. The van der Waals surface area contributed by atoms with Crippen LogP contribution < -0.4 is 5.73 Å². The molecule has 0 amide bonds. The number of hydrogen-bond acceptors (Lipinski definition) is 2. The molecule has 0 aromatic carbocycles. The number of nitrogens with two attached hydrogens (primary N) is 1. The van der Waals surface area contributed by atoms with E-state index >= 15 is 0 Å². The van der Waals surface area contributed by atoms with Crippen molar-refractivity contribution in [1.29, 1.82) is 0 Å². The van der Waals surface area contributed by atoms with Gasteiger partial charge in [-0.2, -0.15) is 0 Å².